The van der Waals surface area contributed by atoms with Crippen LogP contribution in [0.25, 0.3) is 11.1 Å². The van der Waals surface area contributed by atoms with Gasteiger partial charge in [0.25, 0.3) is 0 Å². The summed E-state index contributed by atoms with van der Waals surface area (Å²) < 4.78 is 37.5. The van der Waals surface area contributed by atoms with Crippen molar-refractivity contribution >= 4 is 5.69 Å². The Morgan fingerprint density at radius 2 is 1.47 bits per heavy atom. The molecule has 0 amide bonds. The van der Waals surface area contributed by atoms with Gasteiger partial charge in [0.2, 0.25) is 0 Å². The highest BCUT2D eigenvalue weighted by molar-refractivity contribution is 5.69. The fourth-order valence-corrected chi connectivity index (χ4v) is 1.63. The van der Waals surface area contributed by atoms with Crippen LogP contribution >= 0.6 is 0 Å². The molecule has 2 aromatic rings. The molecule has 0 bridgehead atoms. The fraction of sp³-hybridized carbons (Fsp3) is 0.0769. The van der Waals surface area contributed by atoms with Gasteiger partial charge in [-0.05, 0) is 23.3 Å². The van der Waals surface area contributed by atoms with Crippen LogP contribution in [-0.4, -0.2) is 0 Å². The maximum Gasteiger partial charge on any atom is 0.418 e. The molecule has 17 heavy (non-hydrogen) atoms. The molecule has 2 aromatic carbocycles. The van der Waals surface area contributed by atoms with E-state index in [9.17, 15) is 13.2 Å². The number of halogens is 3. The highest BCUT2D eigenvalue weighted by Gasteiger charge is 2.32. The number of rotatable bonds is 1. The van der Waals surface area contributed by atoms with E-state index in [0.717, 1.165) is 11.6 Å². The summed E-state index contributed by atoms with van der Waals surface area (Å²) in [5, 5.41) is 0. The third kappa shape index (κ3) is 2.41. The van der Waals surface area contributed by atoms with Crippen molar-refractivity contribution in [1.82, 2.24) is 0 Å². The van der Waals surface area contributed by atoms with Crippen molar-refractivity contribution in [2.45, 2.75) is 6.18 Å². The van der Waals surface area contributed by atoms with Crippen molar-refractivity contribution in [3.8, 4) is 11.1 Å². The smallest absolute Gasteiger partial charge is 0.398 e. The minimum atomic E-state index is -4.40. The van der Waals surface area contributed by atoms with Crippen molar-refractivity contribution in [2.24, 2.45) is 0 Å². The summed E-state index contributed by atoms with van der Waals surface area (Å²) in [6.07, 6.45) is -4.40. The lowest BCUT2D eigenvalue weighted by Crippen LogP contribution is -2.08. The predicted molar refractivity (Wildman–Crippen MR) is 61.3 cm³/mol. The van der Waals surface area contributed by atoms with E-state index in [0.29, 0.717) is 5.56 Å². The molecule has 2 rings (SSSR count). The lowest BCUT2D eigenvalue weighted by atomic mass is 10.0. The monoisotopic (exact) mass is 237 g/mol. The Bertz CT molecular complexity index is 518. The number of nitrogen functional groups attached to an aromatic ring is 1. The summed E-state index contributed by atoms with van der Waals surface area (Å²) >= 11 is 0. The number of nitrogens with two attached hydrogens (primary N) is 1. The van der Waals surface area contributed by atoms with E-state index in [4.69, 9.17) is 5.73 Å². The molecule has 0 fully saturated rings. The maximum atomic E-state index is 12.5. The zero-order valence-electron chi connectivity index (χ0n) is 8.83. The molecular weight excluding hydrogens is 227 g/mol. The molecule has 0 spiro atoms. The molecular formula is C13H10F3N. The van der Waals surface area contributed by atoms with E-state index in [-0.39, 0.29) is 5.69 Å². The first-order valence-corrected chi connectivity index (χ1v) is 5.00. The van der Waals surface area contributed by atoms with Gasteiger partial charge in [0.15, 0.2) is 0 Å². The topological polar surface area (TPSA) is 26.0 Å². The Morgan fingerprint density at radius 3 is 2.00 bits per heavy atom. The lowest BCUT2D eigenvalue weighted by molar-refractivity contribution is -0.136. The van der Waals surface area contributed by atoms with Gasteiger partial charge in [-0.2, -0.15) is 13.2 Å². The minimum absolute atomic E-state index is 0.251. The molecule has 0 aromatic heterocycles. The van der Waals surface area contributed by atoms with Gasteiger partial charge in [0.1, 0.15) is 0 Å². The molecule has 2 N–H and O–H groups in total. The molecule has 88 valence electrons. The number of benzene rings is 2. The van der Waals surface area contributed by atoms with Crippen LogP contribution in [0.3, 0.4) is 0 Å². The third-order valence-electron chi connectivity index (χ3n) is 2.46. The first-order valence-electron chi connectivity index (χ1n) is 5.00. The molecule has 0 aliphatic rings. The van der Waals surface area contributed by atoms with Crippen LogP contribution in [0.1, 0.15) is 5.56 Å². The van der Waals surface area contributed by atoms with Crippen LogP contribution in [0.4, 0.5) is 18.9 Å². The molecule has 0 unspecified atom stereocenters. The predicted octanol–water partition coefficient (Wildman–Crippen LogP) is 3.95. The summed E-state index contributed by atoms with van der Waals surface area (Å²) in [4.78, 5) is 0. The molecule has 0 aliphatic heterocycles. The van der Waals surface area contributed by atoms with Gasteiger partial charge in [-0.25, -0.2) is 0 Å². The zero-order chi connectivity index (χ0) is 12.5. The number of hydrogen-bond acceptors (Lipinski definition) is 1. The highest BCUT2D eigenvalue weighted by Crippen LogP contribution is 2.35. The Hall–Kier alpha value is -1.97. The van der Waals surface area contributed by atoms with Crippen molar-refractivity contribution in [1.29, 1.82) is 0 Å². The Labute approximate surface area is 96.7 Å². The van der Waals surface area contributed by atoms with Crippen LogP contribution in [0.2, 0.25) is 0 Å². The standard InChI is InChI=1S/C13H10F3N/c14-13(15,16)11-7-6-10(8-12(11)17)9-4-2-1-3-5-9/h1-8H,17H2. The molecule has 1 nitrogen and oxygen atoms in total. The van der Waals surface area contributed by atoms with Gasteiger partial charge in [0.05, 0.1) is 5.56 Å². The van der Waals surface area contributed by atoms with Gasteiger partial charge in [-0.3, -0.25) is 0 Å². The van der Waals surface area contributed by atoms with Crippen molar-refractivity contribution < 1.29 is 13.2 Å². The largest absolute Gasteiger partial charge is 0.418 e. The van der Waals surface area contributed by atoms with E-state index in [1.54, 1.807) is 0 Å². The van der Waals surface area contributed by atoms with Crippen LogP contribution in [0.5, 0.6) is 0 Å². The molecule has 0 radical (unpaired) electrons. The Kier molecular flexibility index (Phi) is 2.79. The SMILES string of the molecule is Nc1cc(-c2ccccc2)ccc1C(F)(F)F. The average Bonchev–Trinajstić information content (AvgIpc) is 2.28. The second kappa shape index (κ2) is 4.13. The molecule has 4 heteroatoms. The minimum Gasteiger partial charge on any atom is -0.398 e. The zero-order valence-corrected chi connectivity index (χ0v) is 8.83. The number of hydrogen-bond donors (Lipinski definition) is 1. The quantitative estimate of drug-likeness (QED) is 0.746. The van der Waals surface area contributed by atoms with E-state index in [1.807, 2.05) is 30.3 Å². The lowest BCUT2D eigenvalue weighted by Gasteiger charge is -2.11. The summed E-state index contributed by atoms with van der Waals surface area (Å²) in [7, 11) is 0. The summed E-state index contributed by atoms with van der Waals surface area (Å²) in [6.45, 7) is 0. The second-order valence-corrected chi connectivity index (χ2v) is 3.67. The molecule has 0 saturated heterocycles. The summed E-state index contributed by atoms with van der Waals surface area (Å²) in [5.74, 6) is 0. The summed E-state index contributed by atoms with van der Waals surface area (Å²) in [6, 6.07) is 12.9. The molecule has 0 saturated carbocycles. The van der Waals surface area contributed by atoms with E-state index >= 15 is 0 Å². The molecule has 0 atom stereocenters. The first kappa shape index (κ1) is 11.5. The van der Waals surface area contributed by atoms with Crippen LogP contribution < -0.4 is 5.73 Å². The maximum absolute atomic E-state index is 12.5. The van der Waals surface area contributed by atoms with Gasteiger partial charge in [-0.15, -0.1) is 0 Å². The summed E-state index contributed by atoms with van der Waals surface area (Å²) in [5.41, 5.74) is 5.90. The normalized spacial score (nSPS) is 11.5. The first-order chi connectivity index (χ1) is 7.98. The van der Waals surface area contributed by atoms with E-state index in [1.165, 1.54) is 12.1 Å². The van der Waals surface area contributed by atoms with Crippen molar-refractivity contribution in [3.05, 3.63) is 54.1 Å². The van der Waals surface area contributed by atoms with E-state index in [2.05, 4.69) is 0 Å². The van der Waals surface area contributed by atoms with E-state index < -0.39 is 11.7 Å². The Balaban J connectivity index is 2.45. The van der Waals surface area contributed by atoms with Crippen molar-refractivity contribution in [2.75, 3.05) is 5.73 Å². The van der Waals surface area contributed by atoms with Crippen molar-refractivity contribution in [3.63, 3.8) is 0 Å². The second-order valence-electron chi connectivity index (χ2n) is 3.67. The molecule has 0 heterocycles. The van der Waals surface area contributed by atoms with Gasteiger partial charge in [-0.1, -0.05) is 36.4 Å². The number of alkyl halides is 3. The van der Waals surface area contributed by atoms with Gasteiger partial charge >= 0.3 is 6.18 Å². The van der Waals surface area contributed by atoms with Crippen LogP contribution in [0, 0.1) is 0 Å². The Morgan fingerprint density at radius 1 is 0.824 bits per heavy atom. The van der Waals surface area contributed by atoms with Gasteiger partial charge < -0.3 is 5.73 Å². The van der Waals surface area contributed by atoms with Crippen LogP contribution in [-0.2, 0) is 6.18 Å². The van der Waals surface area contributed by atoms with Gasteiger partial charge in [0, 0.05) is 5.69 Å². The number of anilines is 1. The highest BCUT2D eigenvalue weighted by atomic mass is 19.4. The average molecular weight is 237 g/mol. The van der Waals surface area contributed by atoms with Crippen LogP contribution in [0.15, 0.2) is 48.5 Å². The third-order valence-corrected chi connectivity index (χ3v) is 2.46. The molecule has 0 aliphatic carbocycles. The fourth-order valence-electron chi connectivity index (χ4n) is 1.63.